The Morgan fingerprint density at radius 2 is 1.47 bits per heavy atom. The molecule has 0 aliphatic rings. The van der Waals surface area contributed by atoms with Gasteiger partial charge in [0.1, 0.15) is 0 Å². The van der Waals surface area contributed by atoms with E-state index in [0.717, 1.165) is 6.42 Å². The predicted molar refractivity (Wildman–Crippen MR) is 62.6 cm³/mol. The Bertz CT molecular complexity index is 182. The molecule has 0 saturated heterocycles. The summed E-state index contributed by atoms with van der Waals surface area (Å²) in [6, 6.07) is 12.0. The summed E-state index contributed by atoms with van der Waals surface area (Å²) in [5.74, 6) is 0. The number of unbranched alkanes of at least 4 members (excludes halogenated alkanes) is 3. The van der Waals surface area contributed by atoms with Crippen LogP contribution in [0.5, 0.6) is 0 Å². The van der Waals surface area contributed by atoms with Gasteiger partial charge in [0, 0.05) is 0 Å². The molecule has 0 bridgehead atoms. The van der Waals surface area contributed by atoms with Crippen molar-refractivity contribution in [3.05, 3.63) is 36.4 Å². The highest BCUT2D eigenvalue weighted by Gasteiger charge is 1.85. The van der Waals surface area contributed by atoms with Crippen molar-refractivity contribution >= 4 is 6.47 Å². The molecule has 0 unspecified atom stereocenters. The molecule has 0 aliphatic heterocycles. The van der Waals surface area contributed by atoms with Gasteiger partial charge in [-0.25, -0.2) is 0 Å². The number of benzene rings is 1. The highest BCUT2D eigenvalue weighted by molar-refractivity contribution is 5.36. The van der Waals surface area contributed by atoms with Crippen molar-refractivity contribution in [1.82, 2.24) is 0 Å². The van der Waals surface area contributed by atoms with Crippen molar-refractivity contribution in [2.45, 2.75) is 32.6 Å². The Morgan fingerprint density at radius 3 is 1.87 bits per heavy atom. The summed E-state index contributed by atoms with van der Waals surface area (Å²) in [5.41, 5.74) is 0. The summed E-state index contributed by atoms with van der Waals surface area (Å²) in [7, 11) is 0. The highest BCUT2D eigenvalue weighted by Crippen LogP contribution is 1.97. The Kier molecular flexibility index (Phi) is 11.6. The minimum absolute atomic E-state index is 0.506. The average Bonchev–Trinajstić information content (AvgIpc) is 2.32. The second-order valence-electron chi connectivity index (χ2n) is 3.18. The number of rotatable bonds is 6. The largest absolute Gasteiger partial charge is 0.468 e. The van der Waals surface area contributed by atoms with Gasteiger partial charge in [0.15, 0.2) is 0 Å². The molecule has 2 nitrogen and oxygen atoms in total. The SMILES string of the molecule is CCCCCCOC=O.c1ccccc1. The molecule has 0 radical (unpaired) electrons. The van der Waals surface area contributed by atoms with Crippen molar-refractivity contribution in [3.8, 4) is 0 Å². The molecule has 2 heteroatoms. The van der Waals surface area contributed by atoms with Crippen molar-refractivity contribution in [2.24, 2.45) is 0 Å². The van der Waals surface area contributed by atoms with E-state index in [1.807, 2.05) is 36.4 Å². The van der Waals surface area contributed by atoms with Crippen LogP contribution >= 0.6 is 0 Å². The summed E-state index contributed by atoms with van der Waals surface area (Å²) in [6.07, 6.45) is 4.64. The zero-order valence-corrected chi connectivity index (χ0v) is 9.39. The first kappa shape index (κ1) is 13.7. The van der Waals surface area contributed by atoms with Crippen LogP contribution in [0.25, 0.3) is 0 Å². The van der Waals surface area contributed by atoms with Crippen molar-refractivity contribution in [3.63, 3.8) is 0 Å². The molecule has 0 fully saturated rings. The van der Waals surface area contributed by atoms with E-state index in [-0.39, 0.29) is 0 Å². The van der Waals surface area contributed by atoms with Crippen LogP contribution in [0.1, 0.15) is 32.6 Å². The zero-order chi connectivity index (χ0) is 11.2. The Balaban J connectivity index is 0.000000280. The third kappa shape index (κ3) is 12.7. The number of carbonyl (C=O) groups is 1. The van der Waals surface area contributed by atoms with Crippen LogP contribution < -0.4 is 0 Å². The van der Waals surface area contributed by atoms with Gasteiger partial charge in [0.25, 0.3) is 6.47 Å². The molecule has 84 valence electrons. The van der Waals surface area contributed by atoms with Crippen LogP contribution in [0.15, 0.2) is 36.4 Å². The standard InChI is InChI=1S/C7H14O2.C6H6/c1-2-3-4-5-6-9-7-8;1-2-4-6-5-3-1/h7H,2-6H2,1H3;1-6H. The highest BCUT2D eigenvalue weighted by atomic mass is 16.5. The van der Waals surface area contributed by atoms with Gasteiger partial charge in [-0.1, -0.05) is 62.6 Å². The van der Waals surface area contributed by atoms with E-state index < -0.39 is 0 Å². The van der Waals surface area contributed by atoms with E-state index in [4.69, 9.17) is 0 Å². The minimum Gasteiger partial charge on any atom is -0.468 e. The maximum absolute atomic E-state index is 9.62. The van der Waals surface area contributed by atoms with Crippen LogP contribution in [0.2, 0.25) is 0 Å². The second kappa shape index (κ2) is 12.7. The van der Waals surface area contributed by atoms with Gasteiger partial charge in [-0.05, 0) is 6.42 Å². The Morgan fingerprint density at radius 1 is 0.933 bits per heavy atom. The number of hydrogen-bond donors (Lipinski definition) is 0. The van der Waals surface area contributed by atoms with Crippen LogP contribution in [0.3, 0.4) is 0 Å². The monoisotopic (exact) mass is 208 g/mol. The van der Waals surface area contributed by atoms with Crippen LogP contribution in [0.4, 0.5) is 0 Å². The van der Waals surface area contributed by atoms with Crippen LogP contribution in [-0.2, 0) is 9.53 Å². The second-order valence-corrected chi connectivity index (χ2v) is 3.18. The molecule has 0 saturated carbocycles. The zero-order valence-electron chi connectivity index (χ0n) is 9.39. The lowest BCUT2D eigenvalue weighted by atomic mass is 10.2. The van der Waals surface area contributed by atoms with Crippen LogP contribution in [0, 0.1) is 0 Å². The van der Waals surface area contributed by atoms with E-state index in [1.165, 1.54) is 19.3 Å². The average molecular weight is 208 g/mol. The number of ether oxygens (including phenoxy) is 1. The normalized spacial score (nSPS) is 8.60. The molecule has 0 N–H and O–H groups in total. The molecule has 0 aliphatic carbocycles. The smallest absolute Gasteiger partial charge is 0.293 e. The summed E-state index contributed by atoms with van der Waals surface area (Å²) in [6.45, 7) is 3.25. The first-order chi connectivity index (χ1) is 7.41. The topological polar surface area (TPSA) is 26.3 Å². The van der Waals surface area contributed by atoms with Gasteiger partial charge >= 0.3 is 0 Å². The van der Waals surface area contributed by atoms with Gasteiger partial charge in [0.05, 0.1) is 6.61 Å². The van der Waals surface area contributed by atoms with Crippen molar-refractivity contribution in [1.29, 1.82) is 0 Å². The van der Waals surface area contributed by atoms with E-state index in [1.54, 1.807) is 0 Å². The molecular weight excluding hydrogens is 188 g/mol. The lowest BCUT2D eigenvalue weighted by Gasteiger charge is -1.95. The molecule has 0 atom stereocenters. The predicted octanol–water partition coefficient (Wildman–Crippen LogP) is 3.43. The fraction of sp³-hybridized carbons (Fsp3) is 0.462. The number of carbonyl (C=O) groups excluding carboxylic acids is 1. The fourth-order valence-corrected chi connectivity index (χ4v) is 1.05. The van der Waals surface area contributed by atoms with Crippen LogP contribution in [-0.4, -0.2) is 13.1 Å². The van der Waals surface area contributed by atoms with E-state index >= 15 is 0 Å². The molecule has 0 aromatic heterocycles. The molecule has 1 aromatic rings. The van der Waals surface area contributed by atoms with Gasteiger partial charge in [-0.2, -0.15) is 0 Å². The van der Waals surface area contributed by atoms with E-state index in [9.17, 15) is 4.79 Å². The van der Waals surface area contributed by atoms with Crippen molar-refractivity contribution < 1.29 is 9.53 Å². The first-order valence-corrected chi connectivity index (χ1v) is 5.47. The summed E-state index contributed by atoms with van der Waals surface area (Å²) in [5, 5.41) is 0. The lowest BCUT2D eigenvalue weighted by molar-refractivity contribution is -0.128. The summed E-state index contributed by atoms with van der Waals surface area (Å²) >= 11 is 0. The third-order valence-electron chi connectivity index (χ3n) is 1.85. The Labute approximate surface area is 92.3 Å². The molecule has 0 amide bonds. The molecular formula is C13H20O2. The molecule has 1 aromatic carbocycles. The molecule has 15 heavy (non-hydrogen) atoms. The van der Waals surface area contributed by atoms with Crippen molar-refractivity contribution in [2.75, 3.05) is 6.61 Å². The third-order valence-corrected chi connectivity index (χ3v) is 1.85. The van der Waals surface area contributed by atoms with Gasteiger partial charge in [-0.3, -0.25) is 4.79 Å². The van der Waals surface area contributed by atoms with Gasteiger partial charge < -0.3 is 4.74 Å². The maximum Gasteiger partial charge on any atom is 0.293 e. The maximum atomic E-state index is 9.62. The quantitative estimate of drug-likeness (QED) is 0.529. The Hall–Kier alpha value is -1.31. The minimum atomic E-state index is 0.506. The lowest BCUT2D eigenvalue weighted by Crippen LogP contribution is -1.90. The fourth-order valence-electron chi connectivity index (χ4n) is 1.05. The molecule has 1 rings (SSSR count). The molecule has 0 spiro atoms. The molecule has 0 heterocycles. The number of hydrogen-bond acceptors (Lipinski definition) is 2. The van der Waals surface area contributed by atoms with E-state index in [0.29, 0.717) is 13.1 Å². The van der Waals surface area contributed by atoms with Gasteiger partial charge in [-0.15, -0.1) is 0 Å². The summed E-state index contributed by atoms with van der Waals surface area (Å²) in [4.78, 5) is 9.62. The van der Waals surface area contributed by atoms with Gasteiger partial charge in [0.2, 0.25) is 0 Å². The first-order valence-electron chi connectivity index (χ1n) is 5.47. The van der Waals surface area contributed by atoms with E-state index in [2.05, 4.69) is 11.7 Å². The summed E-state index contributed by atoms with van der Waals surface area (Å²) < 4.78 is 4.50.